The van der Waals surface area contributed by atoms with E-state index in [-0.39, 0.29) is 12.2 Å². The Hall–Kier alpha value is -3.52. The van der Waals surface area contributed by atoms with Gasteiger partial charge >= 0.3 is 5.69 Å². The van der Waals surface area contributed by atoms with Crippen molar-refractivity contribution in [3.05, 3.63) is 91.8 Å². The molecule has 1 saturated heterocycles. The Morgan fingerprint density at radius 1 is 1.00 bits per heavy atom. The summed E-state index contributed by atoms with van der Waals surface area (Å²) in [6.45, 7) is 5.48. The number of aromatic nitrogens is 3. The van der Waals surface area contributed by atoms with Crippen LogP contribution in [-0.4, -0.2) is 51.5 Å². The molecule has 0 unspecified atom stereocenters. The van der Waals surface area contributed by atoms with Crippen LogP contribution >= 0.6 is 0 Å². The van der Waals surface area contributed by atoms with Crippen LogP contribution in [0.5, 0.6) is 0 Å². The molecule has 0 atom stereocenters. The summed E-state index contributed by atoms with van der Waals surface area (Å²) in [5, 5.41) is 4.21. The minimum Gasteiger partial charge on any atom is -0.378 e. The molecule has 0 N–H and O–H groups in total. The largest absolute Gasteiger partial charge is 0.378 e. The van der Waals surface area contributed by atoms with Crippen molar-refractivity contribution in [1.29, 1.82) is 0 Å². The highest BCUT2D eigenvalue weighted by Gasteiger charge is 2.26. The number of carbonyl (C=O) groups excluding carboxylic acids is 1. The number of rotatable bonds is 4. The molecule has 8 nitrogen and oxygen atoms in total. The number of hydrogen-bond donors (Lipinski definition) is 0. The molecule has 1 amide bonds. The zero-order valence-electron chi connectivity index (χ0n) is 17.6. The normalized spacial score (nSPS) is 13.9. The second kappa shape index (κ2) is 8.69. The van der Waals surface area contributed by atoms with Gasteiger partial charge in [0.2, 0.25) is 5.69 Å². The summed E-state index contributed by atoms with van der Waals surface area (Å²) in [7, 11) is 0. The van der Waals surface area contributed by atoms with Gasteiger partial charge in [0, 0.05) is 13.1 Å². The van der Waals surface area contributed by atoms with Crippen LogP contribution in [0.3, 0.4) is 0 Å². The van der Waals surface area contributed by atoms with Gasteiger partial charge in [-0.3, -0.25) is 14.2 Å². The van der Waals surface area contributed by atoms with E-state index in [1.807, 2.05) is 44.2 Å². The number of hydrogen-bond acceptors (Lipinski definition) is 5. The molecule has 1 fully saturated rings. The number of ether oxygens (including phenoxy) is 1. The molecule has 0 aliphatic carbocycles. The van der Waals surface area contributed by atoms with Gasteiger partial charge in [-0.2, -0.15) is 9.78 Å². The van der Waals surface area contributed by atoms with E-state index >= 15 is 0 Å². The first-order chi connectivity index (χ1) is 14.9. The molecule has 0 spiro atoms. The molecule has 0 radical (unpaired) electrons. The van der Waals surface area contributed by atoms with Crippen LogP contribution in [0.15, 0.2) is 58.1 Å². The average Bonchev–Trinajstić information content (AvgIpc) is 2.78. The molecular formula is C23H24N4O4. The lowest BCUT2D eigenvalue weighted by molar-refractivity contribution is 0.0295. The third-order valence-corrected chi connectivity index (χ3v) is 5.27. The molecule has 1 aliphatic rings. The maximum Gasteiger partial charge on any atom is 0.352 e. The summed E-state index contributed by atoms with van der Waals surface area (Å²) < 4.78 is 7.51. The molecule has 3 aromatic rings. The fourth-order valence-corrected chi connectivity index (χ4v) is 3.51. The number of amides is 1. The zero-order chi connectivity index (χ0) is 22.0. The Morgan fingerprint density at radius 3 is 2.39 bits per heavy atom. The minimum atomic E-state index is -0.689. The summed E-state index contributed by atoms with van der Waals surface area (Å²) >= 11 is 0. The van der Waals surface area contributed by atoms with E-state index in [2.05, 4.69) is 5.10 Å². The van der Waals surface area contributed by atoms with Crippen molar-refractivity contribution in [1.82, 2.24) is 19.2 Å². The van der Waals surface area contributed by atoms with Crippen molar-refractivity contribution in [2.45, 2.75) is 20.4 Å². The Bertz CT molecular complexity index is 1220. The molecule has 1 aliphatic heterocycles. The summed E-state index contributed by atoms with van der Waals surface area (Å²) in [5.74, 6) is -0.493. The van der Waals surface area contributed by atoms with Crippen molar-refractivity contribution in [3.8, 4) is 5.69 Å². The third-order valence-electron chi connectivity index (χ3n) is 5.27. The molecule has 2 heterocycles. The first-order valence-corrected chi connectivity index (χ1v) is 10.2. The number of morpholine rings is 1. The molecular weight excluding hydrogens is 396 g/mol. The molecule has 8 heteroatoms. The summed E-state index contributed by atoms with van der Waals surface area (Å²) in [5.41, 5.74) is 1.75. The maximum absolute atomic E-state index is 13.2. The van der Waals surface area contributed by atoms with Crippen LogP contribution in [0.4, 0.5) is 0 Å². The highest BCUT2D eigenvalue weighted by atomic mass is 16.5. The molecule has 160 valence electrons. The van der Waals surface area contributed by atoms with Gasteiger partial charge in [0.05, 0.1) is 25.4 Å². The fraction of sp³-hybridized carbons (Fsp3) is 0.304. The molecule has 1 aromatic heterocycles. The molecule has 31 heavy (non-hydrogen) atoms. The Kier molecular flexibility index (Phi) is 5.81. The van der Waals surface area contributed by atoms with Gasteiger partial charge in [0.25, 0.3) is 11.5 Å². The first kappa shape index (κ1) is 20.7. The Labute approximate surface area is 179 Å². The third kappa shape index (κ3) is 4.34. The van der Waals surface area contributed by atoms with E-state index in [4.69, 9.17) is 4.74 Å². The number of aryl methyl sites for hydroxylation is 2. The molecule has 0 saturated carbocycles. The van der Waals surface area contributed by atoms with Crippen LogP contribution in [0.1, 0.15) is 27.2 Å². The topological polar surface area (TPSA) is 86.4 Å². The lowest BCUT2D eigenvalue weighted by Crippen LogP contribution is -2.48. The van der Waals surface area contributed by atoms with Crippen LogP contribution in [0.2, 0.25) is 0 Å². The van der Waals surface area contributed by atoms with Crippen LogP contribution in [0.25, 0.3) is 5.69 Å². The van der Waals surface area contributed by atoms with Crippen LogP contribution < -0.4 is 11.2 Å². The average molecular weight is 420 g/mol. The van der Waals surface area contributed by atoms with E-state index in [0.29, 0.717) is 32.0 Å². The zero-order valence-corrected chi connectivity index (χ0v) is 17.6. The number of benzene rings is 2. The second-order valence-electron chi connectivity index (χ2n) is 7.66. The van der Waals surface area contributed by atoms with Crippen molar-refractivity contribution in [3.63, 3.8) is 0 Å². The lowest BCUT2D eigenvalue weighted by atomic mass is 10.1. The first-order valence-electron chi connectivity index (χ1n) is 10.2. The van der Waals surface area contributed by atoms with Gasteiger partial charge in [-0.05, 0) is 37.1 Å². The SMILES string of the molecule is Cc1ccc(Cn2c(=O)c(C(=O)N3CCOCC3)nn(-c3cccc(C)c3)c2=O)cc1. The Morgan fingerprint density at radius 2 is 1.71 bits per heavy atom. The van der Waals surface area contributed by atoms with Gasteiger partial charge in [-0.1, -0.05) is 42.0 Å². The van der Waals surface area contributed by atoms with Crippen LogP contribution in [-0.2, 0) is 11.3 Å². The number of nitrogens with zero attached hydrogens (tertiary/aromatic N) is 4. The molecule has 0 bridgehead atoms. The predicted molar refractivity (Wildman–Crippen MR) is 116 cm³/mol. The highest BCUT2D eigenvalue weighted by Crippen LogP contribution is 2.09. The minimum absolute atomic E-state index is 0.0513. The smallest absolute Gasteiger partial charge is 0.352 e. The van der Waals surface area contributed by atoms with Gasteiger partial charge < -0.3 is 9.64 Å². The molecule has 2 aromatic carbocycles. The fourth-order valence-electron chi connectivity index (χ4n) is 3.51. The lowest BCUT2D eigenvalue weighted by Gasteiger charge is -2.26. The second-order valence-corrected chi connectivity index (χ2v) is 7.66. The molecule has 4 rings (SSSR count). The van der Waals surface area contributed by atoms with Crippen molar-refractivity contribution < 1.29 is 9.53 Å². The monoisotopic (exact) mass is 420 g/mol. The van der Waals surface area contributed by atoms with Gasteiger partial charge in [0.1, 0.15) is 0 Å². The standard InChI is InChI=1S/C23H24N4O4/c1-16-6-8-18(9-7-16)15-26-22(29)20(21(28)25-10-12-31-13-11-25)24-27(23(26)30)19-5-3-4-17(2)14-19/h3-9,14H,10-13,15H2,1-2H3. The maximum atomic E-state index is 13.2. The Balaban J connectivity index is 1.87. The van der Waals surface area contributed by atoms with E-state index in [1.165, 1.54) is 4.90 Å². The van der Waals surface area contributed by atoms with Crippen molar-refractivity contribution in [2.75, 3.05) is 26.3 Å². The van der Waals surface area contributed by atoms with E-state index in [1.54, 1.807) is 18.2 Å². The van der Waals surface area contributed by atoms with Gasteiger partial charge in [0.15, 0.2) is 0 Å². The quantitative estimate of drug-likeness (QED) is 0.639. The van der Waals surface area contributed by atoms with Crippen molar-refractivity contribution in [2.24, 2.45) is 0 Å². The summed E-state index contributed by atoms with van der Waals surface area (Å²) in [6.07, 6.45) is 0. The predicted octanol–water partition coefficient (Wildman–Crippen LogP) is 1.53. The van der Waals surface area contributed by atoms with E-state index < -0.39 is 17.2 Å². The van der Waals surface area contributed by atoms with Crippen LogP contribution in [0, 0.1) is 13.8 Å². The summed E-state index contributed by atoms with van der Waals surface area (Å²) in [4.78, 5) is 41.1. The van der Waals surface area contributed by atoms with E-state index in [9.17, 15) is 14.4 Å². The highest BCUT2D eigenvalue weighted by molar-refractivity contribution is 5.91. The van der Waals surface area contributed by atoms with Gasteiger partial charge in [-0.15, -0.1) is 0 Å². The van der Waals surface area contributed by atoms with E-state index in [0.717, 1.165) is 25.9 Å². The van der Waals surface area contributed by atoms with Gasteiger partial charge in [-0.25, -0.2) is 4.79 Å². The number of carbonyl (C=O) groups is 1. The summed E-state index contributed by atoms with van der Waals surface area (Å²) in [6, 6.07) is 14.8. The van der Waals surface area contributed by atoms with Crippen molar-refractivity contribution >= 4 is 5.91 Å².